The maximum Gasteiger partial charge on any atom is 0.325 e. The van der Waals surface area contributed by atoms with E-state index >= 15 is 0 Å². The molecule has 2 aromatic carbocycles. The standard InChI is InChI=1S/C25H27N3O4/c1-17-9-11-18(12-10-17)21(29)19-7-2-3-8-20(19)22(30)26-15-6-16-28-23(31)25(27-24(28)32)13-4-5-14-25/h2-3,7-12H,4-6,13-16H2,1H3,(H,26,30)(H,27,32). The van der Waals surface area contributed by atoms with E-state index in [0.717, 1.165) is 18.4 Å². The molecule has 1 aliphatic heterocycles. The molecule has 0 atom stereocenters. The van der Waals surface area contributed by atoms with Gasteiger partial charge in [-0.2, -0.15) is 0 Å². The summed E-state index contributed by atoms with van der Waals surface area (Å²) < 4.78 is 0. The fourth-order valence-electron chi connectivity index (χ4n) is 4.47. The Morgan fingerprint density at radius 1 is 1.00 bits per heavy atom. The first-order chi connectivity index (χ1) is 15.4. The molecule has 4 amide bonds. The van der Waals surface area contributed by atoms with Crippen LogP contribution >= 0.6 is 0 Å². The number of carbonyl (C=O) groups is 4. The summed E-state index contributed by atoms with van der Waals surface area (Å²) in [5.74, 6) is -0.720. The minimum Gasteiger partial charge on any atom is -0.352 e. The number of ketones is 1. The summed E-state index contributed by atoms with van der Waals surface area (Å²) in [7, 11) is 0. The normalized spacial score (nSPS) is 17.0. The highest BCUT2D eigenvalue weighted by molar-refractivity contribution is 6.15. The lowest BCUT2D eigenvalue weighted by molar-refractivity contribution is -0.131. The van der Waals surface area contributed by atoms with E-state index < -0.39 is 5.54 Å². The molecule has 4 rings (SSSR count). The smallest absolute Gasteiger partial charge is 0.325 e. The van der Waals surface area contributed by atoms with Crippen molar-refractivity contribution in [2.75, 3.05) is 13.1 Å². The number of rotatable bonds is 7. The number of urea groups is 1. The quantitative estimate of drug-likeness (QED) is 0.398. The van der Waals surface area contributed by atoms with Crippen molar-refractivity contribution in [2.24, 2.45) is 0 Å². The summed E-state index contributed by atoms with van der Waals surface area (Å²) in [6, 6.07) is 13.6. The molecule has 32 heavy (non-hydrogen) atoms. The van der Waals surface area contributed by atoms with Crippen molar-refractivity contribution in [3.63, 3.8) is 0 Å². The molecule has 166 valence electrons. The summed E-state index contributed by atoms with van der Waals surface area (Å²) in [5, 5.41) is 5.66. The molecule has 2 aliphatic rings. The van der Waals surface area contributed by atoms with Gasteiger partial charge in [-0.25, -0.2) is 4.79 Å². The lowest BCUT2D eigenvalue weighted by Crippen LogP contribution is -2.44. The molecule has 1 spiro atoms. The monoisotopic (exact) mass is 433 g/mol. The van der Waals surface area contributed by atoms with Crippen molar-refractivity contribution >= 4 is 23.6 Å². The van der Waals surface area contributed by atoms with Crippen LogP contribution in [-0.2, 0) is 4.79 Å². The Hall–Kier alpha value is -3.48. The topological polar surface area (TPSA) is 95.6 Å². The average Bonchev–Trinajstić information content (AvgIpc) is 3.36. The van der Waals surface area contributed by atoms with Crippen LogP contribution in [0.4, 0.5) is 4.79 Å². The minimum absolute atomic E-state index is 0.152. The Labute approximate surface area is 187 Å². The summed E-state index contributed by atoms with van der Waals surface area (Å²) in [6.07, 6.45) is 3.70. The van der Waals surface area contributed by atoms with Gasteiger partial charge in [0, 0.05) is 24.2 Å². The lowest BCUT2D eigenvalue weighted by Gasteiger charge is -2.20. The Morgan fingerprint density at radius 3 is 2.34 bits per heavy atom. The number of imide groups is 1. The molecule has 2 N–H and O–H groups in total. The van der Waals surface area contributed by atoms with Gasteiger partial charge in [-0.05, 0) is 32.3 Å². The molecule has 1 aliphatic carbocycles. The van der Waals surface area contributed by atoms with Gasteiger partial charge < -0.3 is 10.6 Å². The fraction of sp³-hybridized carbons (Fsp3) is 0.360. The Bertz CT molecular complexity index is 1060. The van der Waals surface area contributed by atoms with Gasteiger partial charge >= 0.3 is 6.03 Å². The third-order valence-corrected chi connectivity index (χ3v) is 6.28. The molecule has 2 fully saturated rings. The predicted octanol–water partition coefficient (Wildman–Crippen LogP) is 3.21. The molecule has 0 aromatic heterocycles. The lowest BCUT2D eigenvalue weighted by atomic mass is 9.97. The number of hydrogen-bond donors (Lipinski definition) is 2. The largest absolute Gasteiger partial charge is 0.352 e. The van der Waals surface area contributed by atoms with E-state index in [1.165, 1.54) is 4.90 Å². The summed E-state index contributed by atoms with van der Waals surface area (Å²) in [5.41, 5.74) is 1.51. The fourth-order valence-corrected chi connectivity index (χ4v) is 4.47. The molecule has 1 saturated carbocycles. The average molecular weight is 434 g/mol. The van der Waals surface area contributed by atoms with Crippen LogP contribution in [0.3, 0.4) is 0 Å². The highest BCUT2D eigenvalue weighted by Crippen LogP contribution is 2.35. The second kappa shape index (κ2) is 8.94. The van der Waals surface area contributed by atoms with Gasteiger partial charge in [0.15, 0.2) is 5.78 Å². The maximum atomic E-state index is 12.9. The van der Waals surface area contributed by atoms with Crippen LogP contribution in [0.2, 0.25) is 0 Å². The number of nitrogens with zero attached hydrogens (tertiary/aromatic N) is 1. The summed E-state index contributed by atoms with van der Waals surface area (Å²) >= 11 is 0. The van der Waals surface area contributed by atoms with Gasteiger partial charge in [0.1, 0.15) is 5.54 Å². The van der Waals surface area contributed by atoms with Crippen LogP contribution < -0.4 is 10.6 Å². The minimum atomic E-state index is -0.713. The van der Waals surface area contributed by atoms with Crippen molar-refractivity contribution in [1.82, 2.24) is 15.5 Å². The zero-order valence-electron chi connectivity index (χ0n) is 18.1. The van der Waals surface area contributed by atoms with Gasteiger partial charge in [-0.15, -0.1) is 0 Å². The van der Waals surface area contributed by atoms with Gasteiger partial charge in [-0.1, -0.05) is 60.9 Å². The molecule has 7 nitrogen and oxygen atoms in total. The molecule has 0 unspecified atom stereocenters. The molecule has 7 heteroatoms. The van der Waals surface area contributed by atoms with Crippen molar-refractivity contribution in [2.45, 2.75) is 44.6 Å². The summed E-state index contributed by atoms with van der Waals surface area (Å²) in [6.45, 7) is 2.48. The second-order valence-corrected chi connectivity index (χ2v) is 8.53. The first-order valence-electron chi connectivity index (χ1n) is 11.0. The number of nitrogens with one attached hydrogen (secondary N) is 2. The first-order valence-corrected chi connectivity index (χ1v) is 11.0. The molecular formula is C25H27N3O4. The highest BCUT2D eigenvalue weighted by atomic mass is 16.2. The van der Waals surface area contributed by atoms with Gasteiger partial charge in [0.2, 0.25) is 0 Å². The van der Waals surface area contributed by atoms with E-state index in [2.05, 4.69) is 10.6 Å². The van der Waals surface area contributed by atoms with E-state index in [4.69, 9.17) is 0 Å². The second-order valence-electron chi connectivity index (χ2n) is 8.53. The molecule has 2 aromatic rings. The number of carbonyl (C=O) groups excluding carboxylic acids is 4. The predicted molar refractivity (Wildman–Crippen MR) is 119 cm³/mol. The third kappa shape index (κ3) is 4.15. The van der Waals surface area contributed by atoms with Crippen LogP contribution in [0.5, 0.6) is 0 Å². The number of amides is 4. The Balaban J connectivity index is 1.35. The number of hydrogen-bond acceptors (Lipinski definition) is 4. The maximum absolute atomic E-state index is 12.9. The van der Waals surface area contributed by atoms with E-state index in [1.54, 1.807) is 36.4 Å². The first kappa shape index (κ1) is 21.7. The van der Waals surface area contributed by atoms with Crippen LogP contribution in [0.25, 0.3) is 0 Å². The number of benzene rings is 2. The SMILES string of the molecule is Cc1ccc(C(=O)c2ccccc2C(=O)NCCCN2C(=O)NC3(CCCC3)C2=O)cc1. The molecule has 1 saturated heterocycles. The van der Waals surface area contributed by atoms with Crippen molar-refractivity contribution in [1.29, 1.82) is 0 Å². The highest BCUT2D eigenvalue weighted by Gasteiger charge is 2.51. The van der Waals surface area contributed by atoms with Crippen LogP contribution in [-0.4, -0.2) is 47.2 Å². The third-order valence-electron chi connectivity index (χ3n) is 6.28. The molecule has 0 bridgehead atoms. The Morgan fingerprint density at radius 2 is 1.66 bits per heavy atom. The molecule has 1 heterocycles. The summed E-state index contributed by atoms with van der Waals surface area (Å²) in [4.78, 5) is 51.9. The van der Waals surface area contributed by atoms with Gasteiger partial charge in [0.25, 0.3) is 11.8 Å². The molecule has 0 radical (unpaired) electrons. The van der Waals surface area contributed by atoms with Crippen molar-refractivity contribution < 1.29 is 19.2 Å². The van der Waals surface area contributed by atoms with Crippen LogP contribution in [0.15, 0.2) is 48.5 Å². The van der Waals surface area contributed by atoms with E-state index in [-0.39, 0.29) is 36.7 Å². The zero-order valence-corrected chi connectivity index (χ0v) is 18.1. The zero-order chi connectivity index (χ0) is 22.7. The van der Waals surface area contributed by atoms with E-state index in [0.29, 0.717) is 36.0 Å². The van der Waals surface area contributed by atoms with E-state index in [9.17, 15) is 19.2 Å². The van der Waals surface area contributed by atoms with Crippen LogP contribution in [0, 0.1) is 6.92 Å². The molecular weight excluding hydrogens is 406 g/mol. The number of aryl methyl sites for hydroxylation is 1. The van der Waals surface area contributed by atoms with Gasteiger partial charge in [0.05, 0.1) is 5.56 Å². The van der Waals surface area contributed by atoms with E-state index in [1.807, 2.05) is 19.1 Å². The van der Waals surface area contributed by atoms with Crippen molar-refractivity contribution in [3.05, 3.63) is 70.8 Å². The van der Waals surface area contributed by atoms with Crippen LogP contribution in [0.1, 0.15) is 63.9 Å². The Kier molecular flexibility index (Phi) is 6.08. The van der Waals surface area contributed by atoms with Crippen molar-refractivity contribution in [3.8, 4) is 0 Å². The van der Waals surface area contributed by atoms with Gasteiger partial charge in [-0.3, -0.25) is 19.3 Å².